The predicted molar refractivity (Wildman–Crippen MR) is 92.3 cm³/mol. The smallest absolute Gasteiger partial charge is 0.224 e. The summed E-state index contributed by atoms with van der Waals surface area (Å²) in [5.41, 5.74) is 4.15. The standard InChI is InChI=1S/C19H28N2O2/c1-11(2)8-14-16(19(14,5)6)18(22)21-10-15-13(4)17(23-7)12(3)9-20-15/h8-9,14,16H,10H2,1-7H3,(H,21,22)/t14-,16+/m0/s1. The van der Waals surface area contributed by atoms with E-state index in [-0.39, 0.29) is 17.2 Å². The number of rotatable bonds is 5. The van der Waals surface area contributed by atoms with Crippen LogP contribution in [0.3, 0.4) is 0 Å². The lowest BCUT2D eigenvalue weighted by Crippen LogP contribution is -2.27. The number of pyridine rings is 1. The SMILES string of the molecule is COc1c(C)cnc(CNC(=O)[C@H]2[C@H](C=C(C)C)C2(C)C)c1C. The minimum absolute atomic E-state index is 0.0365. The third-order valence-corrected chi connectivity index (χ3v) is 4.89. The summed E-state index contributed by atoms with van der Waals surface area (Å²) in [4.78, 5) is 17.0. The van der Waals surface area contributed by atoms with E-state index in [4.69, 9.17) is 4.74 Å². The Morgan fingerprint density at radius 3 is 2.61 bits per heavy atom. The zero-order valence-electron chi connectivity index (χ0n) is 15.3. The van der Waals surface area contributed by atoms with Gasteiger partial charge in [0.1, 0.15) is 5.75 Å². The van der Waals surface area contributed by atoms with E-state index < -0.39 is 0 Å². The molecule has 1 aromatic rings. The topological polar surface area (TPSA) is 51.2 Å². The highest BCUT2D eigenvalue weighted by molar-refractivity contribution is 5.83. The van der Waals surface area contributed by atoms with Gasteiger partial charge in [-0.15, -0.1) is 0 Å². The van der Waals surface area contributed by atoms with Crippen LogP contribution in [0.5, 0.6) is 5.75 Å². The van der Waals surface area contributed by atoms with Crippen LogP contribution in [0.25, 0.3) is 0 Å². The van der Waals surface area contributed by atoms with Gasteiger partial charge in [-0.3, -0.25) is 9.78 Å². The zero-order chi connectivity index (χ0) is 17.4. The fraction of sp³-hybridized carbons (Fsp3) is 0.579. The van der Waals surface area contributed by atoms with Crippen LogP contribution in [0.1, 0.15) is 44.5 Å². The third kappa shape index (κ3) is 3.41. The fourth-order valence-corrected chi connectivity index (χ4v) is 3.38. The van der Waals surface area contributed by atoms with E-state index in [0.717, 1.165) is 22.6 Å². The molecule has 0 bridgehead atoms. The van der Waals surface area contributed by atoms with Crippen LogP contribution in [-0.2, 0) is 11.3 Å². The van der Waals surface area contributed by atoms with Crippen molar-refractivity contribution in [1.29, 1.82) is 0 Å². The first-order chi connectivity index (χ1) is 10.7. The molecule has 23 heavy (non-hydrogen) atoms. The summed E-state index contributed by atoms with van der Waals surface area (Å²) in [5.74, 6) is 1.33. The molecule has 1 aliphatic carbocycles. The Hall–Kier alpha value is -1.84. The van der Waals surface area contributed by atoms with E-state index in [2.05, 4.69) is 44.1 Å². The fourth-order valence-electron chi connectivity index (χ4n) is 3.38. The number of nitrogens with one attached hydrogen (secondary N) is 1. The average Bonchev–Trinajstić information content (AvgIpc) is 2.98. The van der Waals surface area contributed by atoms with Gasteiger partial charge in [-0.05, 0) is 39.0 Å². The second kappa shape index (κ2) is 6.34. The summed E-state index contributed by atoms with van der Waals surface area (Å²) < 4.78 is 5.42. The van der Waals surface area contributed by atoms with E-state index in [9.17, 15) is 4.79 Å². The van der Waals surface area contributed by atoms with Crippen molar-refractivity contribution >= 4 is 5.91 Å². The monoisotopic (exact) mass is 316 g/mol. The van der Waals surface area contributed by atoms with Crippen molar-refractivity contribution in [2.75, 3.05) is 7.11 Å². The first-order valence-corrected chi connectivity index (χ1v) is 8.12. The Bertz CT molecular complexity index is 643. The van der Waals surface area contributed by atoms with Crippen LogP contribution < -0.4 is 10.1 Å². The molecule has 2 atom stereocenters. The largest absolute Gasteiger partial charge is 0.496 e. The van der Waals surface area contributed by atoms with Crippen LogP contribution >= 0.6 is 0 Å². The van der Waals surface area contributed by atoms with Crippen molar-refractivity contribution in [3.63, 3.8) is 0 Å². The van der Waals surface area contributed by atoms with Crippen LogP contribution in [0.2, 0.25) is 0 Å². The number of allylic oxidation sites excluding steroid dienone is 2. The summed E-state index contributed by atoms with van der Waals surface area (Å²) in [5, 5.41) is 3.05. The molecule has 0 saturated heterocycles. The minimum Gasteiger partial charge on any atom is -0.496 e. The molecule has 1 saturated carbocycles. The van der Waals surface area contributed by atoms with Crippen LogP contribution in [0, 0.1) is 31.1 Å². The maximum atomic E-state index is 12.5. The van der Waals surface area contributed by atoms with Gasteiger partial charge in [0, 0.05) is 17.3 Å². The van der Waals surface area contributed by atoms with E-state index in [1.165, 1.54) is 5.57 Å². The molecular weight excluding hydrogens is 288 g/mol. The van der Waals surface area contributed by atoms with Gasteiger partial charge in [0.25, 0.3) is 0 Å². The number of hydrogen-bond donors (Lipinski definition) is 1. The molecule has 0 aliphatic heterocycles. The van der Waals surface area contributed by atoms with Crippen molar-refractivity contribution in [3.05, 3.63) is 34.7 Å². The van der Waals surface area contributed by atoms with Gasteiger partial charge < -0.3 is 10.1 Å². The lowest BCUT2D eigenvalue weighted by molar-refractivity contribution is -0.123. The lowest BCUT2D eigenvalue weighted by Gasteiger charge is -2.13. The Labute approximate surface area is 139 Å². The second-order valence-electron chi connectivity index (χ2n) is 7.33. The Balaban J connectivity index is 2.05. The van der Waals surface area contributed by atoms with Crippen molar-refractivity contribution < 1.29 is 9.53 Å². The number of nitrogens with zero attached hydrogens (tertiary/aromatic N) is 1. The molecule has 2 rings (SSSR count). The lowest BCUT2D eigenvalue weighted by atomic mass is 10.1. The summed E-state index contributed by atoms with van der Waals surface area (Å²) >= 11 is 0. The molecule has 4 heteroatoms. The van der Waals surface area contributed by atoms with Gasteiger partial charge in [0.15, 0.2) is 0 Å². The molecular formula is C19H28N2O2. The highest BCUT2D eigenvalue weighted by Gasteiger charge is 2.60. The van der Waals surface area contributed by atoms with Gasteiger partial charge in [0.2, 0.25) is 5.91 Å². The molecule has 1 fully saturated rings. The number of ether oxygens (including phenoxy) is 1. The van der Waals surface area contributed by atoms with Gasteiger partial charge in [-0.2, -0.15) is 0 Å². The maximum Gasteiger partial charge on any atom is 0.224 e. The molecule has 1 N–H and O–H groups in total. The van der Waals surface area contributed by atoms with E-state index in [0.29, 0.717) is 12.5 Å². The van der Waals surface area contributed by atoms with Crippen molar-refractivity contribution in [2.45, 2.75) is 48.1 Å². The quantitative estimate of drug-likeness (QED) is 0.845. The molecule has 126 valence electrons. The second-order valence-corrected chi connectivity index (χ2v) is 7.33. The van der Waals surface area contributed by atoms with Crippen molar-refractivity contribution in [2.24, 2.45) is 17.3 Å². The molecule has 1 aromatic heterocycles. The minimum atomic E-state index is 0.0365. The van der Waals surface area contributed by atoms with Gasteiger partial charge in [-0.25, -0.2) is 0 Å². The third-order valence-electron chi connectivity index (χ3n) is 4.89. The Morgan fingerprint density at radius 1 is 1.39 bits per heavy atom. The molecule has 1 heterocycles. The van der Waals surface area contributed by atoms with Crippen LogP contribution in [-0.4, -0.2) is 18.0 Å². The highest BCUT2D eigenvalue weighted by atomic mass is 16.5. The number of hydrogen-bond acceptors (Lipinski definition) is 3. The summed E-state index contributed by atoms with van der Waals surface area (Å²) in [6.07, 6.45) is 4.00. The van der Waals surface area contributed by atoms with Crippen LogP contribution in [0.4, 0.5) is 0 Å². The number of aryl methyl sites for hydroxylation is 1. The Kier molecular flexibility index (Phi) is 4.83. The predicted octanol–water partition coefficient (Wildman–Crippen LogP) is 3.56. The first kappa shape index (κ1) is 17.5. The van der Waals surface area contributed by atoms with E-state index >= 15 is 0 Å². The number of carbonyl (C=O) groups is 1. The van der Waals surface area contributed by atoms with Crippen molar-refractivity contribution in [3.8, 4) is 5.75 Å². The first-order valence-electron chi connectivity index (χ1n) is 8.12. The van der Waals surface area contributed by atoms with Crippen molar-refractivity contribution in [1.82, 2.24) is 10.3 Å². The van der Waals surface area contributed by atoms with E-state index in [1.807, 2.05) is 13.8 Å². The number of aromatic nitrogens is 1. The Morgan fingerprint density at radius 2 is 2.04 bits per heavy atom. The summed E-state index contributed by atoms with van der Waals surface area (Å²) in [7, 11) is 1.66. The normalized spacial score (nSPS) is 21.5. The molecule has 0 aromatic carbocycles. The number of carbonyl (C=O) groups excluding carboxylic acids is 1. The van der Waals surface area contributed by atoms with Gasteiger partial charge in [-0.1, -0.05) is 25.5 Å². The summed E-state index contributed by atoms with van der Waals surface area (Å²) in [6.45, 7) is 12.9. The molecule has 4 nitrogen and oxygen atoms in total. The molecule has 0 unspecified atom stereocenters. The molecule has 0 spiro atoms. The van der Waals surface area contributed by atoms with Gasteiger partial charge in [0.05, 0.1) is 25.3 Å². The molecule has 1 amide bonds. The maximum absolute atomic E-state index is 12.5. The number of methoxy groups -OCH3 is 1. The van der Waals surface area contributed by atoms with Gasteiger partial charge >= 0.3 is 0 Å². The highest BCUT2D eigenvalue weighted by Crippen LogP contribution is 2.59. The van der Waals surface area contributed by atoms with Crippen LogP contribution in [0.15, 0.2) is 17.8 Å². The molecule has 1 aliphatic rings. The zero-order valence-corrected chi connectivity index (χ0v) is 15.3. The summed E-state index contributed by atoms with van der Waals surface area (Å²) in [6, 6.07) is 0. The van der Waals surface area contributed by atoms with E-state index in [1.54, 1.807) is 13.3 Å². The number of amides is 1. The average molecular weight is 316 g/mol. The molecule has 0 radical (unpaired) electrons.